The molecule has 0 bridgehead atoms. The molecule has 0 amide bonds. The fraction of sp³-hybridized carbons (Fsp3) is 0.0833. The molecular formula is C24H18Cl2N2O3S. The van der Waals surface area contributed by atoms with Crippen molar-refractivity contribution < 1.29 is 13.2 Å². The lowest BCUT2D eigenvalue weighted by Gasteiger charge is -2.11. The Hall–Kier alpha value is -2.93. The van der Waals surface area contributed by atoms with Gasteiger partial charge in [0.1, 0.15) is 0 Å². The maximum Gasteiger partial charge on any atom is 0.261 e. The van der Waals surface area contributed by atoms with Gasteiger partial charge in [-0.15, -0.1) is 0 Å². The summed E-state index contributed by atoms with van der Waals surface area (Å²) in [4.78, 5) is 16.8. The van der Waals surface area contributed by atoms with Crippen LogP contribution >= 0.6 is 23.2 Å². The van der Waals surface area contributed by atoms with E-state index in [1.807, 2.05) is 18.2 Å². The lowest BCUT2D eigenvalue weighted by atomic mass is 9.97. The van der Waals surface area contributed by atoms with Gasteiger partial charge in [0, 0.05) is 40.1 Å². The molecule has 8 heteroatoms. The number of fused-ring (bicyclic) bond motifs is 1. The molecule has 4 rings (SSSR count). The number of rotatable bonds is 7. The van der Waals surface area contributed by atoms with Gasteiger partial charge in [-0.1, -0.05) is 47.5 Å². The number of hydrogen-bond acceptors (Lipinski definition) is 4. The van der Waals surface area contributed by atoms with Gasteiger partial charge in [0.15, 0.2) is 5.78 Å². The van der Waals surface area contributed by atoms with Crippen LogP contribution in [-0.2, 0) is 16.4 Å². The number of Topliss-reactive ketones (excluding diaryl/α,β-unsaturated/α-hetero) is 1. The SMILES string of the molecule is O=C(CCc1ccncc1)c1cccc2cc(NS(=O)(=O)c3cc(Cl)cc(Cl)c3)ccc12. The van der Waals surface area contributed by atoms with Crippen molar-refractivity contribution >= 4 is 55.5 Å². The summed E-state index contributed by atoms with van der Waals surface area (Å²) in [7, 11) is -3.88. The second kappa shape index (κ2) is 9.28. The topological polar surface area (TPSA) is 76.1 Å². The minimum atomic E-state index is -3.88. The Morgan fingerprint density at radius 3 is 2.34 bits per heavy atom. The quantitative estimate of drug-likeness (QED) is 0.318. The van der Waals surface area contributed by atoms with E-state index in [4.69, 9.17) is 23.2 Å². The summed E-state index contributed by atoms with van der Waals surface area (Å²) in [6, 6.07) is 18.4. The first kappa shape index (κ1) is 22.3. The van der Waals surface area contributed by atoms with Crippen molar-refractivity contribution in [1.29, 1.82) is 0 Å². The van der Waals surface area contributed by atoms with Crippen molar-refractivity contribution in [3.8, 4) is 0 Å². The van der Waals surface area contributed by atoms with Gasteiger partial charge < -0.3 is 0 Å². The van der Waals surface area contributed by atoms with Crippen LogP contribution in [0.4, 0.5) is 5.69 Å². The zero-order valence-corrected chi connectivity index (χ0v) is 19.1. The molecule has 162 valence electrons. The standard InChI is InChI=1S/C24H18Cl2N2O3S/c25-18-13-19(26)15-21(14-18)32(30,31)28-20-5-6-22-17(12-20)2-1-3-23(22)24(29)7-4-16-8-10-27-11-9-16/h1-3,5-6,8-15,28H,4,7H2. The average molecular weight is 485 g/mol. The summed E-state index contributed by atoms with van der Waals surface area (Å²) in [5, 5.41) is 1.97. The van der Waals surface area contributed by atoms with Gasteiger partial charge in [0.05, 0.1) is 4.90 Å². The Balaban J connectivity index is 1.58. The zero-order chi connectivity index (χ0) is 22.7. The largest absolute Gasteiger partial charge is 0.294 e. The molecular weight excluding hydrogens is 467 g/mol. The molecule has 0 aliphatic carbocycles. The highest BCUT2D eigenvalue weighted by Gasteiger charge is 2.17. The van der Waals surface area contributed by atoms with Gasteiger partial charge in [0.25, 0.3) is 10.0 Å². The minimum absolute atomic E-state index is 0.0225. The predicted molar refractivity (Wildman–Crippen MR) is 128 cm³/mol. The molecule has 0 saturated heterocycles. The number of nitrogens with zero attached hydrogens (tertiary/aromatic N) is 1. The molecule has 5 nitrogen and oxygen atoms in total. The molecule has 0 aliphatic heterocycles. The number of benzene rings is 3. The fourth-order valence-corrected chi connectivity index (χ4v) is 5.20. The number of anilines is 1. The van der Waals surface area contributed by atoms with Crippen LogP contribution in [0.2, 0.25) is 10.0 Å². The van der Waals surface area contributed by atoms with Crippen LogP contribution in [0.3, 0.4) is 0 Å². The number of ketones is 1. The van der Waals surface area contributed by atoms with Crippen LogP contribution in [0.1, 0.15) is 22.3 Å². The number of nitrogens with one attached hydrogen (secondary N) is 1. The summed E-state index contributed by atoms with van der Waals surface area (Å²) >= 11 is 11.9. The highest BCUT2D eigenvalue weighted by atomic mass is 35.5. The molecule has 1 N–H and O–H groups in total. The first-order valence-electron chi connectivity index (χ1n) is 9.76. The number of hydrogen-bond donors (Lipinski definition) is 1. The first-order valence-corrected chi connectivity index (χ1v) is 12.0. The smallest absolute Gasteiger partial charge is 0.261 e. The predicted octanol–water partition coefficient (Wildman–Crippen LogP) is 6.16. The normalized spacial score (nSPS) is 11.4. The summed E-state index contributed by atoms with van der Waals surface area (Å²) in [6.07, 6.45) is 4.40. The van der Waals surface area contributed by atoms with E-state index in [1.54, 1.807) is 42.7 Å². The van der Waals surface area contributed by atoms with E-state index in [0.29, 0.717) is 24.1 Å². The van der Waals surface area contributed by atoms with E-state index in [0.717, 1.165) is 16.3 Å². The molecule has 0 saturated carbocycles. The Bertz CT molecular complexity index is 1390. The number of pyridine rings is 1. The summed E-state index contributed by atoms with van der Waals surface area (Å²) in [5.74, 6) is 0.0225. The van der Waals surface area contributed by atoms with Gasteiger partial charge in [-0.3, -0.25) is 14.5 Å². The average Bonchev–Trinajstić information content (AvgIpc) is 2.76. The van der Waals surface area contributed by atoms with Crippen molar-refractivity contribution in [3.05, 3.63) is 100 Å². The second-order valence-electron chi connectivity index (χ2n) is 7.23. The number of halogens is 2. The molecule has 32 heavy (non-hydrogen) atoms. The van der Waals surface area contributed by atoms with Crippen molar-refractivity contribution in [2.24, 2.45) is 0 Å². The van der Waals surface area contributed by atoms with Gasteiger partial charge in [0.2, 0.25) is 0 Å². The van der Waals surface area contributed by atoms with Gasteiger partial charge in [-0.2, -0.15) is 0 Å². The van der Waals surface area contributed by atoms with Crippen molar-refractivity contribution in [3.63, 3.8) is 0 Å². The van der Waals surface area contributed by atoms with Gasteiger partial charge in [-0.25, -0.2) is 8.42 Å². The Morgan fingerprint density at radius 1 is 0.906 bits per heavy atom. The van der Waals surface area contributed by atoms with E-state index in [1.165, 1.54) is 18.2 Å². The van der Waals surface area contributed by atoms with E-state index < -0.39 is 10.0 Å². The molecule has 0 unspecified atom stereocenters. The maximum absolute atomic E-state index is 12.8. The Labute approximate surface area is 196 Å². The van der Waals surface area contributed by atoms with Crippen LogP contribution in [-0.4, -0.2) is 19.2 Å². The van der Waals surface area contributed by atoms with E-state index in [-0.39, 0.29) is 20.7 Å². The fourth-order valence-electron chi connectivity index (χ4n) is 3.43. The molecule has 0 radical (unpaired) electrons. The zero-order valence-electron chi connectivity index (χ0n) is 16.8. The van der Waals surface area contributed by atoms with E-state index in [2.05, 4.69) is 9.71 Å². The van der Waals surface area contributed by atoms with Crippen LogP contribution < -0.4 is 4.72 Å². The number of carbonyl (C=O) groups is 1. The monoisotopic (exact) mass is 484 g/mol. The molecule has 1 heterocycles. The molecule has 0 fully saturated rings. The molecule has 0 spiro atoms. The van der Waals surface area contributed by atoms with Crippen molar-refractivity contribution in [2.45, 2.75) is 17.7 Å². The number of aromatic nitrogens is 1. The van der Waals surface area contributed by atoms with Gasteiger partial charge >= 0.3 is 0 Å². The summed E-state index contributed by atoms with van der Waals surface area (Å²) in [6.45, 7) is 0. The number of aryl methyl sites for hydroxylation is 1. The minimum Gasteiger partial charge on any atom is -0.294 e. The van der Waals surface area contributed by atoms with Crippen LogP contribution in [0, 0.1) is 0 Å². The van der Waals surface area contributed by atoms with Gasteiger partial charge in [-0.05, 0) is 65.2 Å². The van der Waals surface area contributed by atoms with Crippen molar-refractivity contribution in [1.82, 2.24) is 4.98 Å². The third-order valence-electron chi connectivity index (χ3n) is 4.97. The molecule has 4 aromatic rings. The third kappa shape index (κ3) is 5.10. The Kier molecular flexibility index (Phi) is 6.46. The second-order valence-corrected chi connectivity index (χ2v) is 9.79. The van der Waals surface area contributed by atoms with Crippen LogP contribution in [0.25, 0.3) is 10.8 Å². The van der Waals surface area contributed by atoms with Crippen LogP contribution in [0.15, 0.2) is 84.0 Å². The number of sulfonamides is 1. The first-order chi connectivity index (χ1) is 15.3. The lowest BCUT2D eigenvalue weighted by Crippen LogP contribution is -2.13. The molecule has 3 aromatic carbocycles. The molecule has 1 aromatic heterocycles. The van der Waals surface area contributed by atoms with Crippen LogP contribution in [0.5, 0.6) is 0 Å². The molecule has 0 atom stereocenters. The van der Waals surface area contributed by atoms with E-state index >= 15 is 0 Å². The highest BCUT2D eigenvalue weighted by molar-refractivity contribution is 7.92. The Morgan fingerprint density at radius 2 is 1.62 bits per heavy atom. The lowest BCUT2D eigenvalue weighted by molar-refractivity contribution is 0.0984. The number of carbonyl (C=O) groups excluding carboxylic acids is 1. The summed E-state index contributed by atoms with van der Waals surface area (Å²) in [5.41, 5.74) is 2.02. The maximum atomic E-state index is 12.8. The summed E-state index contributed by atoms with van der Waals surface area (Å²) < 4.78 is 28.0. The van der Waals surface area contributed by atoms with Crippen molar-refractivity contribution in [2.75, 3.05) is 4.72 Å². The highest BCUT2D eigenvalue weighted by Crippen LogP contribution is 2.27. The molecule has 0 aliphatic rings. The van der Waals surface area contributed by atoms with E-state index in [9.17, 15) is 13.2 Å². The third-order valence-corrected chi connectivity index (χ3v) is 6.77.